The van der Waals surface area contributed by atoms with Crippen molar-refractivity contribution >= 4 is 11.7 Å². The predicted octanol–water partition coefficient (Wildman–Crippen LogP) is 1.92. The smallest absolute Gasteiger partial charge is 0.355 e. The first-order chi connectivity index (χ1) is 13.0. The summed E-state index contributed by atoms with van der Waals surface area (Å²) in [4.78, 5) is 25.1. The Balaban J connectivity index is 2.04. The maximum atomic E-state index is 12.7. The molecular formula is C20H25F3N3O2+. The van der Waals surface area contributed by atoms with Crippen LogP contribution in [0, 0.1) is 13.8 Å². The molecule has 0 saturated heterocycles. The monoisotopic (exact) mass is 396 g/mol. The fraction of sp³-hybridized carbons (Fsp3) is 0.400. The van der Waals surface area contributed by atoms with Crippen molar-refractivity contribution in [2.24, 2.45) is 0 Å². The second-order valence-electron chi connectivity index (χ2n) is 7.00. The summed E-state index contributed by atoms with van der Waals surface area (Å²) in [6.07, 6.45) is -4.34. The van der Waals surface area contributed by atoms with Gasteiger partial charge in [0.05, 0.1) is 7.05 Å². The summed E-state index contributed by atoms with van der Waals surface area (Å²) >= 11 is 0. The van der Waals surface area contributed by atoms with E-state index in [-0.39, 0.29) is 18.2 Å². The summed E-state index contributed by atoms with van der Waals surface area (Å²) in [6.45, 7) is 2.73. The van der Waals surface area contributed by atoms with Gasteiger partial charge in [0.25, 0.3) is 5.91 Å². The van der Waals surface area contributed by atoms with Crippen LogP contribution in [0.15, 0.2) is 30.3 Å². The number of likely N-dealkylation sites (N-methyl/N-ethyl adjacent to an activating group) is 1. The molecule has 5 nitrogen and oxygen atoms in total. The Hall–Kier alpha value is -2.61. The molecule has 0 radical (unpaired) electrons. The van der Waals surface area contributed by atoms with Crippen molar-refractivity contribution in [2.45, 2.75) is 33.1 Å². The van der Waals surface area contributed by atoms with E-state index in [9.17, 15) is 22.8 Å². The van der Waals surface area contributed by atoms with E-state index >= 15 is 0 Å². The van der Waals surface area contributed by atoms with Crippen molar-refractivity contribution in [1.82, 2.24) is 9.88 Å². The van der Waals surface area contributed by atoms with Crippen LogP contribution in [0.2, 0.25) is 0 Å². The molecule has 28 heavy (non-hydrogen) atoms. The van der Waals surface area contributed by atoms with E-state index < -0.39 is 12.7 Å². The average Bonchev–Trinajstić information content (AvgIpc) is 2.88. The van der Waals surface area contributed by atoms with E-state index in [1.807, 2.05) is 19.2 Å². The van der Waals surface area contributed by atoms with Gasteiger partial charge < -0.3 is 14.8 Å². The molecule has 0 aliphatic heterocycles. The van der Waals surface area contributed by atoms with Crippen LogP contribution in [0.4, 0.5) is 13.2 Å². The number of rotatable bonds is 7. The van der Waals surface area contributed by atoms with Crippen molar-refractivity contribution in [1.29, 1.82) is 0 Å². The number of hydrogen-bond donors (Lipinski definition) is 2. The van der Waals surface area contributed by atoms with E-state index in [0.29, 0.717) is 29.1 Å². The van der Waals surface area contributed by atoms with E-state index in [1.54, 1.807) is 33.0 Å². The number of aromatic nitrogens is 1. The highest BCUT2D eigenvalue weighted by molar-refractivity contribution is 5.98. The van der Waals surface area contributed by atoms with Crippen molar-refractivity contribution in [2.75, 3.05) is 20.6 Å². The molecule has 1 aromatic carbocycles. The summed E-state index contributed by atoms with van der Waals surface area (Å²) in [6, 6.07) is 8.61. The van der Waals surface area contributed by atoms with E-state index in [2.05, 4.69) is 5.32 Å². The van der Waals surface area contributed by atoms with Gasteiger partial charge in [-0.1, -0.05) is 12.1 Å². The van der Waals surface area contributed by atoms with Crippen molar-refractivity contribution in [3.05, 3.63) is 58.4 Å². The quantitative estimate of drug-likeness (QED) is 0.703. The minimum Gasteiger partial charge on any atom is -0.355 e. The third kappa shape index (κ3) is 5.45. The Labute approximate surface area is 162 Å². The van der Waals surface area contributed by atoms with Gasteiger partial charge in [-0.05, 0) is 32.0 Å². The lowest BCUT2D eigenvalue weighted by Crippen LogP contribution is -3.08. The summed E-state index contributed by atoms with van der Waals surface area (Å²) < 4.78 is 39.3. The lowest BCUT2D eigenvalue weighted by molar-refractivity contribution is -0.884. The summed E-state index contributed by atoms with van der Waals surface area (Å²) in [5, 5.41) is 2.55. The minimum absolute atomic E-state index is 0.160. The molecule has 2 aromatic rings. The second-order valence-corrected chi connectivity index (χ2v) is 7.00. The molecular weight excluding hydrogens is 371 g/mol. The maximum absolute atomic E-state index is 12.7. The molecule has 1 unspecified atom stereocenters. The SMILES string of the molecule is CNC(=O)c1ccc(C[NH+](C)CC(=O)c2cc(C)n(CC(F)(F)F)c2C)cc1. The maximum Gasteiger partial charge on any atom is 0.406 e. The number of aryl methyl sites for hydroxylation is 1. The number of ketones is 1. The second kappa shape index (κ2) is 8.60. The van der Waals surface area contributed by atoms with E-state index in [1.165, 1.54) is 6.07 Å². The highest BCUT2D eigenvalue weighted by Crippen LogP contribution is 2.23. The summed E-state index contributed by atoms with van der Waals surface area (Å²) in [5.74, 6) is -0.363. The molecule has 0 spiro atoms. The van der Waals surface area contributed by atoms with Gasteiger partial charge in [0.15, 0.2) is 0 Å². The molecule has 8 heteroatoms. The zero-order valence-corrected chi connectivity index (χ0v) is 16.4. The Bertz CT molecular complexity index is 855. The Kier molecular flexibility index (Phi) is 6.66. The van der Waals surface area contributed by atoms with Gasteiger partial charge in [0, 0.05) is 35.1 Å². The van der Waals surface area contributed by atoms with Crippen molar-refractivity contribution in [3.8, 4) is 0 Å². The predicted molar refractivity (Wildman–Crippen MR) is 99.6 cm³/mol. The number of halogens is 3. The topological polar surface area (TPSA) is 55.5 Å². The highest BCUT2D eigenvalue weighted by atomic mass is 19.4. The highest BCUT2D eigenvalue weighted by Gasteiger charge is 2.30. The molecule has 0 aliphatic rings. The first kappa shape index (κ1) is 21.7. The van der Waals surface area contributed by atoms with Gasteiger partial charge in [0.1, 0.15) is 19.6 Å². The first-order valence-electron chi connectivity index (χ1n) is 8.91. The normalized spacial score (nSPS) is 12.7. The van der Waals surface area contributed by atoms with Gasteiger partial charge in [-0.25, -0.2) is 0 Å². The molecule has 0 aliphatic carbocycles. The Morgan fingerprint density at radius 2 is 1.75 bits per heavy atom. The van der Waals surface area contributed by atoms with Crippen molar-refractivity contribution in [3.63, 3.8) is 0 Å². The Morgan fingerprint density at radius 3 is 2.29 bits per heavy atom. The molecule has 0 saturated carbocycles. The molecule has 1 atom stereocenters. The number of benzene rings is 1. The Morgan fingerprint density at radius 1 is 1.14 bits per heavy atom. The van der Waals surface area contributed by atoms with Crippen molar-refractivity contribution < 1.29 is 27.7 Å². The third-order valence-electron chi connectivity index (χ3n) is 4.62. The van der Waals surface area contributed by atoms with Crippen LogP contribution in [0.3, 0.4) is 0 Å². The average molecular weight is 396 g/mol. The van der Waals surface area contributed by atoms with Gasteiger partial charge in [-0.2, -0.15) is 13.2 Å². The summed E-state index contributed by atoms with van der Waals surface area (Å²) in [5.41, 5.74) is 2.59. The van der Waals surface area contributed by atoms with Crippen LogP contribution < -0.4 is 10.2 Å². The van der Waals surface area contributed by atoms with E-state index in [4.69, 9.17) is 0 Å². The molecule has 1 aromatic heterocycles. The van der Waals surface area contributed by atoms with Gasteiger partial charge in [-0.15, -0.1) is 0 Å². The zero-order chi connectivity index (χ0) is 21.1. The molecule has 152 valence electrons. The number of carbonyl (C=O) groups is 2. The van der Waals surface area contributed by atoms with Crippen LogP contribution in [0.5, 0.6) is 0 Å². The van der Waals surface area contributed by atoms with Gasteiger partial charge >= 0.3 is 6.18 Å². The number of nitrogens with one attached hydrogen (secondary N) is 2. The fourth-order valence-electron chi connectivity index (χ4n) is 3.20. The lowest BCUT2D eigenvalue weighted by Gasteiger charge is -2.14. The molecule has 2 rings (SSSR count). The fourth-order valence-corrected chi connectivity index (χ4v) is 3.20. The minimum atomic E-state index is -4.34. The van der Waals surface area contributed by atoms with Crippen LogP contribution in [0.1, 0.15) is 37.7 Å². The molecule has 2 N–H and O–H groups in total. The number of amides is 1. The number of quaternary nitrogens is 1. The largest absolute Gasteiger partial charge is 0.406 e. The standard InChI is InChI=1S/C20H24F3N3O2/c1-13-9-17(14(2)26(13)12-20(21,22)23)18(27)11-25(4)10-15-5-7-16(8-6-15)19(28)24-3/h5-9H,10-12H2,1-4H3,(H,24,28)/p+1. The summed E-state index contributed by atoms with van der Waals surface area (Å²) in [7, 11) is 3.41. The molecule has 0 bridgehead atoms. The third-order valence-corrected chi connectivity index (χ3v) is 4.62. The molecule has 1 amide bonds. The zero-order valence-electron chi connectivity index (χ0n) is 16.4. The van der Waals surface area contributed by atoms with Crippen LogP contribution in [-0.4, -0.2) is 43.1 Å². The first-order valence-corrected chi connectivity index (χ1v) is 8.91. The number of hydrogen-bond acceptors (Lipinski definition) is 2. The lowest BCUT2D eigenvalue weighted by atomic mass is 10.1. The molecule has 1 heterocycles. The number of alkyl halides is 3. The molecule has 0 fully saturated rings. The van der Waals surface area contributed by atoms with Crippen LogP contribution in [-0.2, 0) is 13.1 Å². The van der Waals surface area contributed by atoms with Crippen LogP contribution in [0.25, 0.3) is 0 Å². The number of nitrogens with zero attached hydrogens (tertiary/aromatic N) is 1. The van der Waals surface area contributed by atoms with Gasteiger partial charge in [0.2, 0.25) is 5.78 Å². The number of carbonyl (C=O) groups excluding carboxylic acids is 2. The van der Waals surface area contributed by atoms with Gasteiger partial charge in [-0.3, -0.25) is 9.59 Å². The van der Waals surface area contributed by atoms with Crippen LogP contribution >= 0.6 is 0 Å². The van der Waals surface area contributed by atoms with E-state index in [0.717, 1.165) is 15.0 Å². The number of Topliss-reactive ketones (excluding diaryl/α,β-unsaturated/α-hetero) is 1.